The van der Waals surface area contributed by atoms with E-state index in [0.717, 1.165) is 24.7 Å². The minimum absolute atomic E-state index is 0.0723. The van der Waals surface area contributed by atoms with Crippen LogP contribution in [0, 0.1) is 22.0 Å². The van der Waals surface area contributed by atoms with Gasteiger partial charge in [0.1, 0.15) is 0 Å². The highest BCUT2D eigenvalue weighted by atomic mass is 16.6. The lowest BCUT2D eigenvalue weighted by molar-refractivity contribution is -0.386. The number of fused-ring (bicyclic) bond motifs is 1. The fraction of sp³-hybridized carbons (Fsp3) is 0.500. The summed E-state index contributed by atoms with van der Waals surface area (Å²) >= 11 is 0. The standard InChI is InChI=1S/C12H13NO3/c14-13(15)11-3-1-2-4-12(11)16-10-6-8-5-9(8)7-10/h1-4,8-10H,5-7H2. The predicted octanol–water partition coefficient (Wildman–Crippen LogP) is 2.77. The summed E-state index contributed by atoms with van der Waals surface area (Å²) in [6, 6.07) is 6.61. The Morgan fingerprint density at radius 1 is 1.19 bits per heavy atom. The lowest BCUT2D eigenvalue weighted by Crippen LogP contribution is -2.14. The average Bonchev–Trinajstić information content (AvgIpc) is 2.87. The lowest BCUT2D eigenvalue weighted by atomic mass is 10.2. The van der Waals surface area contributed by atoms with Crippen LogP contribution >= 0.6 is 0 Å². The number of nitro groups is 1. The summed E-state index contributed by atoms with van der Waals surface area (Å²) in [6.45, 7) is 0. The Kier molecular flexibility index (Phi) is 2.09. The molecule has 3 rings (SSSR count). The number of ether oxygens (including phenoxy) is 1. The van der Waals surface area contributed by atoms with Gasteiger partial charge in [-0.3, -0.25) is 10.1 Å². The second-order valence-corrected chi connectivity index (χ2v) is 4.69. The maximum absolute atomic E-state index is 10.8. The number of nitro benzene ring substituents is 1. The van der Waals surface area contributed by atoms with Crippen LogP contribution in [0.2, 0.25) is 0 Å². The fourth-order valence-electron chi connectivity index (χ4n) is 2.64. The van der Waals surface area contributed by atoms with Gasteiger partial charge in [0.25, 0.3) is 0 Å². The first kappa shape index (κ1) is 9.63. The number of rotatable bonds is 3. The Bertz CT molecular complexity index is 422. The van der Waals surface area contributed by atoms with Crippen molar-refractivity contribution in [2.24, 2.45) is 11.8 Å². The smallest absolute Gasteiger partial charge is 0.310 e. The lowest BCUT2D eigenvalue weighted by Gasteiger charge is -2.14. The summed E-state index contributed by atoms with van der Waals surface area (Å²) in [5, 5.41) is 10.8. The van der Waals surface area contributed by atoms with E-state index in [1.54, 1.807) is 18.2 Å². The minimum atomic E-state index is -0.384. The molecule has 2 aliphatic rings. The number of para-hydroxylation sites is 2. The first-order valence-electron chi connectivity index (χ1n) is 5.64. The Hall–Kier alpha value is -1.58. The van der Waals surface area contributed by atoms with Gasteiger partial charge < -0.3 is 4.74 Å². The molecule has 0 spiro atoms. The third kappa shape index (κ3) is 1.64. The van der Waals surface area contributed by atoms with Gasteiger partial charge in [-0.15, -0.1) is 0 Å². The summed E-state index contributed by atoms with van der Waals surface area (Å²) in [4.78, 5) is 10.4. The predicted molar refractivity (Wildman–Crippen MR) is 58.3 cm³/mol. The topological polar surface area (TPSA) is 52.4 Å². The van der Waals surface area contributed by atoms with Gasteiger partial charge in [0.05, 0.1) is 11.0 Å². The number of hydrogen-bond donors (Lipinski definition) is 0. The Morgan fingerprint density at radius 2 is 1.88 bits per heavy atom. The van der Waals surface area contributed by atoms with Gasteiger partial charge in [-0.25, -0.2) is 0 Å². The van der Waals surface area contributed by atoms with Crippen molar-refractivity contribution in [3.05, 3.63) is 34.4 Å². The van der Waals surface area contributed by atoms with Crippen LogP contribution in [0.3, 0.4) is 0 Å². The SMILES string of the molecule is O=[N+]([O-])c1ccccc1OC1CC2CC2C1. The van der Waals surface area contributed by atoms with Crippen LogP contribution < -0.4 is 4.74 Å². The largest absolute Gasteiger partial charge is 0.483 e. The van der Waals surface area contributed by atoms with Crippen molar-refractivity contribution in [1.29, 1.82) is 0 Å². The van der Waals surface area contributed by atoms with Crippen molar-refractivity contribution < 1.29 is 9.66 Å². The molecule has 1 aromatic carbocycles. The number of benzene rings is 1. The normalized spacial score (nSPS) is 30.9. The molecule has 2 aliphatic carbocycles. The van der Waals surface area contributed by atoms with E-state index in [2.05, 4.69) is 0 Å². The van der Waals surface area contributed by atoms with E-state index in [4.69, 9.17) is 4.74 Å². The molecule has 0 radical (unpaired) electrons. The van der Waals surface area contributed by atoms with Gasteiger partial charge in [0, 0.05) is 6.07 Å². The monoisotopic (exact) mass is 219 g/mol. The van der Waals surface area contributed by atoms with Gasteiger partial charge >= 0.3 is 5.69 Å². The molecule has 16 heavy (non-hydrogen) atoms. The van der Waals surface area contributed by atoms with Crippen LogP contribution in [0.1, 0.15) is 19.3 Å². The second-order valence-electron chi connectivity index (χ2n) is 4.69. The van der Waals surface area contributed by atoms with Gasteiger partial charge in [-0.1, -0.05) is 12.1 Å². The molecular formula is C12H13NO3. The molecule has 0 bridgehead atoms. The Labute approximate surface area is 93.4 Å². The third-order valence-electron chi connectivity index (χ3n) is 3.56. The molecule has 2 saturated carbocycles. The van der Waals surface area contributed by atoms with Crippen LogP contribution in [0.15, 0.2) is 24.3 Å². The zero-order valence-electron chi connectivity index (χ0n) is 8.83. The van der Waals surface area contributed by atoms with E-state index in [1.165, 1.54) is 12.5 Å². The summed E-state index contributed by atoms with van der Waals surface area (Å²) in [6.07, 6.45) is 3.65. The summed E-state index contributed by atoms with van der Waals surface area (Å²) in [5.74, 6) is 2.07. The van der Waals surface area contributed by atoms with Gasteiger partial charge in [-0.05, 0) is 37.2 Å². The van der Waals surface area contributed by atoms with E-state index in [1.807, 2.05) is 0 Å². The van der Waals surface area contributed by atoms with E-state index in [-0.39, 0.29) is 16.7 Å². The molecule has 1 aromatic rings. The van der Waals surface area contributed by atoms with Crippen LogP contribution in [0.25, 0.3) is 0 Å². The van der Waals surface area contributed by atoms with Crippen LogP contribution in [-0.4, -0.2) is 11.0 Å². The molecule has 2 fully saturated rings. The maximum atomic E-state index is 10.8. The molecular weight excluding hydrogens is 206 g/mol. The van der Waals surface area contributed by atoms with E-state index >= 15 is 0 Å². The summed E-state index contributed by atoms with van der Waals surface area (Å²) in [5.41, 5.74) is 0.0723. The fourth-order valence-corrected chi connectivity index (χ4v) is 2.64. The molecule has 0 aromatic heterocycles. The highest BCUT2D eigenvalue weighted by molar-refractivity contribution is 5.45. The number of nitrogens with zero attached hydrogens (tertiary/aromatic N) is 1. The van der Waals surface area contributed by atoms with E-state index < -0.39 is 0 Å². The van der Waals surface area contributed by atoms with Crippen LogP contribution in [0.5, 0.6) is 5.75 Å². The quantitative estimate of drug-likeness (QED) is 0.580. The van der Waals surface area contributed by atoms with Crippen molar-refractivity contribution in [3.8, 4) is 5.75 Å². The summed E-state index contributed by atoms with van der Waals surface area (Å²) in [7, 11) is 0. The second kappa shape index (κ2) is 3.47. The first-order chi connectivity index (χ1) is 7.74. The molecule has 0 amide bonds. The zero-order valence-corrected chi connectivity index (χ0v) is 8.83. The molecule has 0 saturated heterocycles. The van der Waals surface area contributed by atoms with Crippen molar-refractivity contribution in [2.45, 2.75) is 25.4 Å². The molecule has 0 N–H and O–H groups in total. The van der Waals surface area contributed by atoms with Crippen LogP contribution in [-0.2, 0) is 0 Å². The van der Waals surface area contributed by atoms with E-state index in [9.17, 15) is 10.1 Å². The van der Waals surface area contributed by atoms with E-state index in [0.29, 0.717) is 5.75 Å². The summed E-state index contributed by atoms with van der Waals surface area (Å²) < 4.78 is 5.73. The molecule has 84 valence electrons. The highest BCUT2D eigenvalue weighted by Gasteiger charge is 2.47. The minimum Gasteiger partial charge on any atom is -0.483 e. The third-order valence-corrected chi connectivity index (χ3v) is 3.56. The van der Waals surface area contributed by atoms with Crippen molar-refractivity contribution in [2.75, 3.05) is 0 Å². The van der Waals surface area contributed by atoms with Gasteiger partial charge in [0.2, 0.25) is 0 Å². The van der Waals surface area contributed by atoms with Crippen LogP contribution in [0.4, 0.5) is 5.69 Å². The van der Waals surface area contributed by atoms with Crippen molar-refractivity contribution >= 4 is 5.69 Å². The molecule has 2 atom stereocenters. The highest BCUT2D eigenvalue weighted by Crippen LogP contribution is 2.52. The maximum Gasteiger partial charge on any atom is 0.310 e. The molecule has 4 nitrogen and oxygen atoms in total. The first-order valence-corrected chi connectivity index (χ1v) is 5.64. The molecule has 4 heteroatoms. The van der Waals surface area contributed by atoms with Gasteiger partial charge in [0.15, 0.2) is 5.75 Å². The average molecular weight is 219 g/mol. The molecule has 2 unspecified atom stereocenters. The Balaban J connectivity index is 1.75. The zero-order chi connectivity index (χ0) is 11.1. The van der Waals surface area contributed by atoms with Gasteiger partial charge in [-0.2, -0.15) is 0 Å². The molecule has 0 aliphatic heterocycles. The molecule has 0 heterocycles. The van der Waals surface area contributed by atoms with Crippen molar-refractivity contribution in [1.82, 2.24) is 0 Å². The number of hydrogen-bond acceptors (Lipinski definition) is 3. The van der Waals surface area contributed by atoms with Crippen molar-refractivity contribution in [3.63, 3.8) is 0 Å². The Morgan fingerprint density at radius 3 is 2.56 bits per heavy atom.